The van der Waals surface area contributed by atoms with Crippen LogP contribution in [0, 0.1) is 5.92 Å². The number of esters is 4. The van der Waals surface area contributed by atoms with Gasteiger partial charge in [-0.15, -0.1) is 0 Å². The number of hydrogen-bond donors (Lipinski definition) is 0. The van der Waals surface area contributed by atoms with Crippen LogP contribution >= 0.6 is 0 Å². The van der Waals surface area contributed by atoms with Gasteiger partial charge in [0.2, 0.25) is 0 Å². The number of rotatable bonds is 15. The van der Waals surface area contributed by atoms with Gasteiger partial charge in [-0.05, 0) is 61.2 Å². The maximum atomic E-state index is 14.2. The highest BCUT2D eigenvalue weighted by Crippen LogP contribution is 2.51. The first-order chi connectivity index (χ1) is 23.7. The third-order valence-corrected chi connectivity index (χ3v) is 8.57. The minimum Gasteiger partial charge on any atom is -0.497 e. The zero-order valence-corrected chi connectivity index (χ0v) is 28.7. The van der Waals surface area contributed by atoms with Crippen LogP contribution in [0.2, 0.25) is 0 Å². The van der Waals surface area contributed by atoms with E-state index in [-0.39, 0.29) is 26.2 Å². The van der Waals surface area contributed by atoms with E-state index in [4.69, 9.17) is 28.4 Å². The third-order valence-electron chi connectivity index (χ3n) is 8.57. The Balaban J connectivity index is 2.04. The highest BCUT2D eigenvalue weighted by atomic mass is 16.6. The molecule has 1 aliphatic heterocycles. The molecule has 49 heavy (non-hydrogen) atoms. The van der Waals surface area contributed by atoms with E-state index in [9.17, 15) is 19.2 Å². The molecule has 0 N–H and O–H groups in total. The van der Waals surface area contributed by atoms with Crippen molar-refractivity contribution in [3.05, 3.63) is 95.6 Å². The molecular formula is C37H44N2O10. The molecule has 1 saturated heterocycles. The second-order valence-corrected chi connectivity index (χ2v) is 11.2. The average molecular weight is 677 g/mol. The topological polar surface area (TPSA) is 130 Å². The number of nitrogens with zero attached hydrogens (tertiary/aromatic N) is 2. The van der Waals surface area contributed by atoms with Crippen molar-refractivity contribution in [2.75, 3.05) is 48.2 Å². The van der Waals surface area contributed by atoms with E-state index in [2.05, 4.69) is 0 Å². The van der Waals surface area contributed by atoms with Crippen LogP contribution in [0.5, 0.6) is 11.5 Å². The SMILES string of the molecule is CCOC(=O)C(CC(c1ccccc1)N1C(C(=O)OC)C(c2ccc(OC)cc2)N(CC(=O)OC)C1c1ccc(OC)cc1)C(=O)OCC. The summed E-state index contributed by atoms with van der Waals surface area (Å²) < 4.78 is 32.2. The Bertz CT molecular complexity index is 1530. The van der Waals surface area contributed by atoms with Crippen LogP contribution in [0.1, 0.15) is 55.2 Å². The monoisotopic (exact) mass is 676 g/mol. The van der Waals surface area contributed by atoms with Crippen molar-refractivity contribution < 1.29 is 47.6 Å². The van der Waals surface area contributed by atoms with Crippen molar-refractivity contribution in [2.45, 2.75) is 44.6 Å². The molecule has 3 aromatic rings. The number of methoxy groups -OCH3 is 4. The van der Waals surface area contributed by atoms with Crippen LogP contribution in [0.4, 0.5) is 0 Å². The summed E-state index contributed by atoms with van der Waals surface area (Å²) in [6.45, 7) is 3.22. The Kier molecular flexibility index (Phi) is 13.1. The normalized spacial score (nSPS) is 18.4. The van der Waals surface area contributed by atoms with Crippen molar-refractivity contribution in [2.24, 2.45) is 5.92 Å². The van der Waals surface area contributed by atoms with Crippen molar-refractivity contribution in [1.82, 2.24) is 9.80 Å². The second-order valence-electron chi connectivity index (χ2n) is 11.2. The zero-order chi connectivity index (χ0) is 35.5. The minimum atomic E-state index is -1.32. The van der Waals surface area contributed by atoms with Gasteiger partial charge in [-0.25, -0.2) is 0 Å². The molecule has 262 valence electrons. The van der Waals surface area contributed by atoms with Gasteiger partial charge >= 0.3 is 23.9 Å². The summed E-state index contributed by atoms with van der Waals surface area (Å²) in [5.74, 6) is -2.72. The molecule has 0 radical (unpaired) electrons. The van der Waals surface area contributed by atoms with Gasteiger partial charge in [0.15, 0.2) is 5.92 Å². The molecule has 0 saturated carbocycles. The fourth-order valence-corrected chi connectivity index (χ4v) is 6.37. The maximum Gasteiger partial charge on any atom is 0.325 e. The molecule has 4 rings (SSSR count). The van der Waals surface area contributed by atoms with Gasteiger partial charge < -0.3 is 28.4 Å². The lowest BCUT2D eigenvalue weighted by atomic mass is 9.90. The largest absolute Gasteiger partial charge is 0.497 e. The summed E-state index contributed by atoms with van der Waals surface area (Å²) in [5, 5.41) is 0. The summed E-state index contributed by atoms with van der Waals surface area (Å²) in [5.41, 5.74) is 2.11. The van der Waals surface area contributed by atoms with E-state index in [1.54, 1.807) is 52.3 Å². The highest BCUT2D eigenvalue weighted by molar-refractivity contribution is 5.95. The molecule has 4 unspecified atom stereocenters. The summed E-state index contributed by atoms with van der Waals surface area (Å²) >= 11 is 0. The fraction of sp³-hybridized carbons (Fsp3) is 0.405. The summed E-state index contributed by atoms with van der Waals surface area (Å²) in [6.07, 6.45) is -0.889. The van der Waals surface area contributed by atoms with Gasteiger partial charge in [0.1, 0.15) is 17.5 Å². The molecule has 1 fully saturated rings. The first-order valence-corrected chi connectivity index (χ1v) is 16.1. The van der Waals surface area contributed by atoms with Crippen molar-refractivity contribution in [1.29, 1.82) is 0 Å². The average Bonchev–Trinajstić information content (AvgIpc) is 3.45. The Morgan fingerprint density at radius 1 is 0.694 bits per heavy atom. The number of hydrogen-bond acceptors (Lipinski definition) is 12. The van der Waals surface area contributed by atoms with E-state index in [0.29, 0.717) is 28.2 Å². The molecule has 1 heterocycles. The molecule has 12 nitrogen and oxygen atoms in total. The van der Waals surface area contributed by atoms with Gasteiger partial charge in [-0.2, -0.15) is 0 Å². The lowest BCUT2D eigenvalue weighted by molar-refractivity contribution is -0.163. The quantitative estimate of drug-likeness (QED) is 0.126. The van der Waals surface area contributed by atoms with Gasteiger partial charge in [0, 0.05) is 6.04 Å². The van der Waals surface area contributed by atoms with Crippen molar-refractivity contribution in [3.8, 4) is 11.5 Å². The molecule has 4 atom stereocenters. The fourth-order valence-electron chi connectivity index (χ4n) is 6.37. The Hall–Kier alpha value is -4.94. The minimum absolute atomic E-state index is 0.0557. The number of carbonyl (C=O) groups excluding carboxylic acids is 4. The smallest absolute Gasteiger partial charge is 0.325 e. The van der Waals surface area contributed by atoms with Crippen LogP contribution in [0.3, 0.4) is 0 Å². The van der Waals surface area contributed by atoms with Gasteiger partial charge in [-0.3, -0.25) is 29.0 Å². The van der Waals surface area contributed by atoms with Crippen LogP contribution in [-0.2, 0) is 38.1 Å². The lowest BCUT2D eigenvalue weighted by Crippen LogP contribution is -2.44. The van der Waals surface area contributed by atoms with Crippen LogP contribution in [0.25, 0.3) is 0 Å². The Morgan fingerprint density at radius 2 is 1.22 bits per heavy atom. The predicted molar refractivity (Wildman–Crippen MR) is 178 cm³/mol. The Labute approximate surface area is 286 Å². The van der Waals surface area contributed by atoms with Gasteiger partial charge in [0.05, 0.1) is 60.4 Å². The van der Waals surface area contributed by atoms with Crippen LogP contribution < -0.4 is 9.47 Å². The molecule has 0 amide bonds. The van der Waals surface area contributed by atoms with E-state index < -0.39 is 54.1 Å². The molecular weight excluding hydrogens is 632 g/mol. The molecule has 0 spiro atoms. The molecule has 1 aliphatic rings. The highest BCUT2D eigenvalue weighted by Gasteiger charge is 2.56. The van der Waals surface area contributed by atoms with Crippen molar-refractivity contribution in [3.63, 3.8) is 0 Å². The van der Waals surface area contributed by atoms with E-state index in [0.717, 1.165) is 0 Å². The lowest BCUT2D eigenvalue weighted by Gasteiger charge is -2.38. The van der Waals surface area contributed by atoms with Crippen LogP contribution in [-0.4, -0.2) is 87.9 Å². The second kappa shape index (κ2) is 17.5. The molecule has 0 bridgehead atoms. The standard InChI is InChI=1S/C37H44N2O10/c1-7-48-35(41)29(36(42)49-8-2)22-30(24-12-10-9-11-13-24)39-33(37(43)47-6)32(25-14-18-27(44-3)19-15-25)38(23-31(40)46-5)34(39)26-16-20-28(45-4)21-17-26/h9-21,29-30,32-34H,7-8,22-23H2,1-6H3. The summed E-state index contributed by atoms with van der Waals surface area (Å²) in [7, 11) is 5.72. The first kappa shape index (κ1) is 36.9. The maximum absolute atomic E-state index is 14.2. The van der Waals surface area contributed by atoms with Gasteiger partial charge in [0.25, 0.3) is 0 Å². The number of ether oxygens (including phenoxy) is 6. The Morgan fingerprint density at radius 3 is 1.69 bits per heavy atom. The number of carbonyl (C=O) groups is 4. The van der Waals surface area contributed by atoms with Crippen molar-refractivity contribution >= 4 is 23.9 Å². The van der Waals surface area contributed by atoms with Crippen LogP contribution in [0.15, 0.2) is 78.9 Å². The number of benzene rings is 3. The third kappa shape index (κ3) is 8.38. The first-order valence-electron chi connectivity index (χ1n) is 16.1. The van der Waals surface area contributed by atoms with E-state index >= 15 is 0 Å². The predicted octanol–water partition coefficient (Wildman–Crippen LogP) is 4.65. The molecule has 0 aliphatic carbocycles. The molecule has 3 aromatic carbocycles. The van der Waals surface area contributed by atoms with E-state index in [1.807, 2.05) is 64.4 Å². The summed E-state index contributed by atoms with van der Waals surface area (Å²) in [4.78, 5) is 57.9. The summed E-state index contributed by atoms with van der Waals surface area (Å²) in [6, 6.07) is 21.1. The van der Waals surface area contributed by atoms with E-state index in [1.165, 1.54) is 14.2 Å². The van der Waals surface area contributed by atoms with Gasteiger partial charge in [-0.1, -0.05) is 54.6 Å². The molecule has 12 heteroatoms. The molecule has 0 aromatic heterocycles. The zero-order valence-electron chi connectivity index (χ0n) is 28.7.